The van der Waals surface area contributed by atoms with Crippen LogP contribution in [0.25, 0.3) is 0 Å². The normalized spacial score (nSPS) is 17.8. The summed E-state index contributed by atoms with van der Waals surface area (Å²) < 4.78 is 10.7. The molecular formula is C16H22O3. The summed E-state index contributed by atoms with van der Waals surface area (Å²) in [6, 6.07) is 5.49. The van der Waals surface area contributed by atoms with E-state index in [0.717, 1.165) is 25.7 Å². The number of hydrogen-bond acceptors (Lipinski definition) is 3. The molecule has 3 heteroatoms. The number of carbonyl (C=O) groups is 1. The zero-order valence-corrected chi connectivity index (χ0v) is 12.0. The van der Waals surface area contributed by atoms with Crippen molar-refractivity contribution in [2.45, 2.75) is 39.0 Å². The Labute approximate surface area is 114 Å². The Hall–Kier alpha value is -1.51. The van der Waals surface area contributed by atoms with Crippen molar-refractivity contribution in [3.05, 3.63) is 23.8 Å². The van der Waals surface area contributed by atoms with Crippen LogP contribution in [0.1, 0.15) is 49.4 Å². The van der Waals surface area contributed by atoms with Gasteiger partial charge in [0.25, 0.3) is 0 Å². The molecule has 1 aromatic rings. The molecule has 0 radical (unpaired) electrons. The molecule has 0 heterocycles. The molecule has 0 aliphatic heterocycles. The van der Waals surface area contributed by atoms with Crippen LogP contribution in [-0.4, -0.2) is 20.0 Å². The van der Waals surface area contributed by atoms with Gasteiger partial charge in [-0.1, -0.05) is 32.3 Å². The minimum atomic E-state index is -0.278. The molecule has 1 saturated carbocycles. The highest BCUT2D eigenvalue weighted by molar-refractivity contribution is 6.05. The van der Waals surface area contributed by atoms with E-state index in [1.807, 2.05) is 18.2 Å². The zero-order chi connectivity index (χ0) is 13.9. The Kier molecular flexibility index (Phi) is 4.13. The number of Topliss-reactive ketones (excluding diaryl/α,β-unsaturated/α-hetero) is 1. The number of ether oxygens (including phenoxy) is 2. The number of hydrogen-bond donors (Lipinski definition) is 0. The molecule has 1 aliphatic rings. The van der Waals surface area contributed by atoms with E-state index in [1.165, 1.54) is 6.42 Å². The molecule has 0 spiro atoms. The van der Waals surface area contributed by atoms with Crippen molar-refractivity contribution in [3.8, 4) is 11.5 Å². The molecule has 0 bridgehead atoms. The van der Waals surface area contributed by atoms with Crippen molar-refractivity contribution in [1.82, 2.24) is 0 Å². The fourth-order valence-corrected chi connectivity index (χ4v) is 2.94. The first-order valence-electron chi connectivity index (χ1n) is 6.88. The van der Waals surface area contributed by atoms with Gasteiger partial charge in [-0.25, -0.2) is 0 Å². The minimum absolute atomic E-state index is 0.154. The van der Waals surface area contributed by atoms with E-state index in [1.54, 1.807) is 14.2 Å². The van der Waals surface area contributed by atoms with Crippen molar-refractivity contribution < 1.29 is 14.3 Å². The van der Waals surface area contributed by atoms with Gasteiger partial charge in [-0.3, -0.25) is 4.79 Å². The lowest BCUT2D eigenvalue weighted by Crippen LogP contribution is -2.31. The fourth-order valence-electron chi connectivity index (χ4n) is 2.94. The maximum absolute atomic E-state index is 12.9. The van der Waals surface area contributed by atoms with Gasteiger partial charge in [0, 0.05) is 5.41 Å². The summed E-state index contributed by atoms with van der Waals surface area (Å²) in [4.78, 5) is 12.9. The van der Waals surface area contributed by atoms with E-state index in [2.05, 4.69) is 6.92 Å². The summed E-state index contributed by atoms with van der Waals surface area (Å²) in [7, 11) is 3.18. The Morgan fingerprint density at radius 2 is 1.58 bits per heavy atom. The first kappa shape index (κ1) is 13.9. The van der Waals surface area contributed by atoms with Gasteiger partial charge in [-0.15, -0.1) is 0 Å². The predicted octanol–water partition coefficient (Wildman–Crippen LogP) is 3.86. The first-order valence-corrected chi connectivity index (χ1v) is 6.88. The summed E-state index contributed by atoms with van der Waals surface area (Å²) >= 11 is 0. The van der Waals surface area contributed by atoms with Crippen molar-refractivity contribution >= 4 is 5.78 Å². The third-order valence-corrected chi connectivity index (χ3v) is 4.16. The molecule has 1 aromatic carbocycles. The molecule has 19 heavy (non-hydrogen) atoms. The SMILES string of the molecule is COc1cccc(OC)c1C(=O)C1(C)CCCCC1. The summed E-state index contributed by atoms with van der Waals surface area (Å²) in [5, 5.41) is 0. The Morgan fingerprint density at radius 1 is 1.05 bits per heavy atom. The van der Waals surface area contributed by atoms with Crippen molar-refractivity contribution in [3.63, 3.8) is 0 Å². The van der Waals surface area contributed by atoms with Gasteiger partial charge in [0.1, 0.15) is 17.1 Å². The van der Waals surface area contributed by atoms with Crippen LogP contribution in [0, 0.1) is 5.41 Å². The van der Waals surface area contributed by atoms with Crippen LogP contribution in [-0.2, 0) is 0 Å². The van der Waals surface area contributed by atoms with E-state index in [-0.39, 0.29) is 11.2 Å². The molecule has 0 saturated heterocycles. The van der Waals surface area contributed by atoms with E-state index in [9.17, 15) is 4.79 Å². The van der Waals surface area contributed by atoms with Gasteiger partial charge >= 0.3 is 0 Å². The second kappa shape index (κ2) is 5.64. The minimum Gasteiger partial charge on any atom is -0.496 e. The standard InChI is InChI=1S/C16H22O3/c1-16(10-5-4-6-11-16)15(17)14-12(18-2)8-7-9-13(14)19-3/h7-9H,4-6,10-11H2,1-3H3. The number of carbonyl (C=O) groups excluding carboxylic acids is 1. The molecule has 1 fully saturated rings. The van der Waals surface area contributed by atoms with Gasteiger partial charge in [-0.05, 0) is 25.0 Å². The first-order chi connectivity index (χ1) is 9.12. The van der Waals surface area contributed by atoms with E-state index < -0.39 is 0 Å². The molecule has 2 rings (SSSR count). The van der Waals surface area contributed by atoms with Gasteiger partial charge in [0.15, 0.2) is 5.78 Å². The van der Waals surface area contributed by atoms with Crippen molar-refractivity contribution in [2.24, 2.45) is 5.41 Å². The highest BCUT2D eigenvalue weighted by Gasteiger charge is 2.37. The molecule has 0 aromatic heterocycles. The predicted molar refractivity (Wildman–Crippen MR) is 75.1 cm³/mol. The van der Waals surface area contributed by atoms with Crippen LogP contribution in [0.2, 0.25) is 0 Å². The van der Waals surface area contributed by atoms with Crippen molar-refractivity contribution in [1.29, 1.82) is 0 Å². The van der Waals surface area contributed by atoms with Gasteiger partial charge in [-0.2, -0.15) is 0 Å². The highest BCUT2D eigenvalue weighted by atomic mass is 16.5. The molecule has 0 N–H and O–H groups in total. The van der Waals surface area contributed by atoms with Crippen LogP contribution < -0.4 is 9.47 Å². The molecule has 104 valence electrons. The van der Waals surface area contributed by atoms with Crippen LogP contribution in [0.5, 0.6) is 11.5 Å². The highest BCUT2D eigenvalue weighted by Crippen LogP contribution is 2.42. The quantitative estimate of drug-likeness (QED) is 0.773. The monoisotopic (exact) mass is 262 g/mol. The number of benzene rings is 1. The molecule has 0 atom stereocenters. The second-order valence-corrected chi connectivity index (χ2v) is 5.49. The summed E-state index contributed by atoms with van der Waals surface area (Å²) in [6.45, 7) is 2.07. The topological polar surface area (TPSA) is 35.5 Å². The zero-order valence-electron chi connectivity index (χ0n) is 12.0. The second-order valence-electron chi connectivity index (χ2n) is 5.49. The van der Waals surface area contributed by atoms with Gasteiger partial charge < -0.3 is 9.47 Å². The van der Waals surface area contributed by atoms with Crippen LogP contribution in [0.3, 0.4) is 0 Å². The Bertz CT molecular complexity index is 437. The third kappa shape index (κ3) is 2.60. The van der Waals surface area contributed by atoms with Crippen molar-refractivity contribution in [2.75, 3.05) is 14.2 Å². The number of ketones is 1. The summed E-state index contributed by atoms with van der Waals surface area (Å²) in [5.74, 6) is 1.37. The van der Waals surface area contributed by atoms with E-state index in [4.69, 9.17) is 9.47 Å². The van der Waals surface area contributed by atoms with Gasteiger partial charge in [0.05, 0.1) is 14.2 Å². The fraction of sp³-hybridized carbons (Fsp3) is 0.562. The third-order valence-electron chi connectivity index (χ3n) is 4.16. The van der Waals surface area contributed by atoms with E-state index in [0.29, 0.717) is 17.1 Å². The summed E-state index contributed by atoms with van der Waals surface area (Å²) in [6.07, 6.45) is 5.38. The lowest BCUT2D eigenvalue weighted by atomic mass is 9.71. The summed E-state index contributed by atoms with van der Waals surface area (Å²) in [5.41, 5.74) is 0.317. The average molecular weight is 262 g/mol. The van der Waals surface area contributed by atoms with Gasteiger partial charge in [0.2, 0.25) is 0 Å². The average Bonchev–Trinajstić information content (AvgIpc) is 2.46. The number of methoxy groups -OCH3 is 2. The van der Waals surface area contributed by atoms with Crippen LogP contribution >= 0.6 is 0 Å². The molecule has 1 aliphatic carbocycles. The largest absolute Gasteiger partial charge is 0.496 e. The lowest BCUT2D eigenvalue weighted by molar-refractivity contribution is 0.0742. The van der Waals surface area contributed by atoms with Crippen LogP contribution in [0.15, 0.2) is 18.2 Å². The molecule has 0 amide bonds. The maximum atomic E-state index is 12.9. The molecule has 0 unspecified atom stereocenters. The lowest BCUT2D eigenvalue weighted by Gasteiger charge is -2.32. The maximum Gasteiger partial charge on any atom is 0.176 e. The smallest absolute Gasteiger partial charge is 0.176 e. The van der Waals surface area contributed by atoms with Crippen LogP contribution in [0.4, 0.5) is 0 Å². The molecular weight excluding hydrogens is 240 g/mol. The number of rotatable bonds is 4. The Morgan fingerprint density at radius 3 is 2.05 bits per heavy atom. The Balaban J connectivity index is 2.42. The van der Waals surface area contributed by atoms with E-state index >= 15 is 0 Å². The molecule has 3 nitrogen and oxygen atoms in total.